The summed E-state index contributed by atoms with van der Waals surface area (Å²) in [7, 11) is 0. The van der Waals surface area contributed by atoms with Crippen molar-refractivity contribution in [3.63, 3.8) is 0 Å². The Kier molecular flexibility index (Phi) is 3.28. The number of aliphatic hydroxyl groups is 1. The summed E-state index contributed by atoms with van der Waals surface area (Å²) in [5.41, 5.74) is 3.76. The summed E-state index contributed by atoms with van der Waals surface area (Å²) < 4.78 is 16.0. The number of hydrogen-bond acceptors (Lipinski definition) is 1. The number of aryl methyl sites for hydroxylation is 1. The molecule has 0 saturated heterocycles. The van der Waals surface area contributed by atoms with Gasteiger partial charge in [0.05, 0.1) is 12.1 Å². The summed E-state index contributed by atoms with van der Waals surface area (Å²) in [6.07, 6.45) is 1.53. The quantitative estimate of drug-likeness (QED) is 0.771. The average Bonchev–Trinajstić information content (AvgIpc) is 2.78. The highest BCUT2D eigenvalue weighted by molar-refractivity contribution is 5.85. The van der Waals surface area contributed by atoms with Gasteiger partial charge in [-0.05, 0) is 29.7 Å². The van der Waals surface area contributed by atoms with E-state index in [4.69, 9.17) is 0 Å². The maximum Gasteiger partial charge on any atom is 0.148 e. The van der Waals surface area contributed by atoms with Crippen LogP contribution in [-0.4, -0.2) is 9.67 Å². The van der Waals surface area contributed by atoms with E-state index in [1.165, 1.54) is 6.20 Å². The van der Waals surface area contributed by atoms with Gasteiger partial charge in [0.2, 0.25) is 0 Å². The molecule has 0 unspecified atom stereocenters. The molecule has 0 aliphatic rings. The van der Waals surface area contributed by atoms with Crippen molar-refractivity contribution >= 4 is 10.9 Å². The Bertz CT molecular complexity index is 747. The maximum absolute atomic E-state index is 14.0. The first-order valence-corrected chi connectivity index (χ1v) is 6.62. The molecule has 0 spiro atoms. The predicted octanol–water partition coefficient (Wildman–Crippen LogP) is 3.63. The SMILES string of the molecule is Cc1c(CO)ccc2c(F)cn(Cc3ccccc3)c12. The fraction of sp³-hybridized carbons (Fsp3) is 0.176. The van der Waals surface area contributed by atoms with E-state index in [-0.39, 0.29) is 12.4 Å². The normalized spacial score (nSPS) is 11.2. The van der Waals surface area contributed by atoms with Gasteiger partial charge in [-0.3, -0.25) is 0 Å². The zero-order valence-electron chi connectivity index (χ0n) is 11.3. The molecule has 0 bridgehead atoms. The fourth-order valence-corrected chi connectivity index (χ4v) is 2.65. The maximum atomic E-state index is 14.0. The van der Waals surface area contributed by atoms with E-state index < -0.39 is 0 Å². The Labute approximate surface area is 117 Å². The molecular weight excluding hydrogens is 253 g/mol. The average molecular weight is 269 g/mol. The molecule has 20 heavy (non-hydrogen) atoms. The summed E-state index contributed by atoms with van der Waals surface area (Å²) in [4.78, 5) is 0. The molecule has 0 amide bonds. The molecule has 102 valence electrons. The molecule has 0 fully saturated rings. The van der Waals surface area contributed by atoms with Crippen molar-refractivity contribution in [2.45, 2.75) is 20.1 Å². The predicted molar refractivity (Wildman–Crippen MR) is 78.1 cm³/mol. The Morgan fingerprint density at radius 3 is 2.55 bits per heavy atom. The van der Waals surface area contributed by atoms with Gasteiger partial charge in [-0.1, -0.05) is 36.4 Å². The lowest BCUT2D eigenvalue weighted by molar-refractivity contribution is 0.281. The molecule has 0 saturated carbocycles. The second kappa shape index (κ2) is 5.10. The van der Waals surface area contributed by atoms with Crippen molar-refractivity contribution in [3.8, 4) is 0 Å². The van der Waals surface area contributed by atoms with Crippen LogP contribution in [-0.2, 0) is 13.2 Å². The van der Waals surface area contributed by atoms with Crippen LogP contribution in [0.1, 0.15) is 16.7 Å². The smallest absolute Gasteiger partial charge is 0.148 e. The third-order valence-corrected chi connectivity index (χ3v) is 3.72. The van der Waals surface area contributed by atoms with Gasteiger partial charge in [0, 0.05) is 18.1 Å². The lowest BCUT2D eigenvalue weighted by Gasteiger charge is -2.10. The first-order chi connectivity index (χ1) is 9.70. The Balaban J connectivity index is 2.15. The van der Waals surface area contributed by atoms with E-state index >= 15 is 0 Å². The molecule has 1 aromatic heterocycles. The number of hydrogen-bond donors (Lipinski definition) is 1. The molecule has 0 atom stereocenters. The molecule has 0 aliphatic heterocycles. The van der Waals surface area contributed by atoms with E-state index in [9.17, 15) is 9.50 Å². The number of aromatic nitrogens is 1. The third-order valence-electron chi connectivity index (χ3n) is 3.72. The first-order valence-electron chi connectivity index (χ1n) is 6.62. The Hall–Kier alpha value is -2.13. The Morgan fingerprint density at radius 2 is 1.85 bits per heavy atom. The van der Waals surface area contributed by atoms with Gasteiger partial charge in [-0.25, -0.2) is 4.39 Å². The van der Waals surface area contributed by atoms with Gasteiger partial charge < -0.3 is 9.67 Å². The summed E-state index contributed by atoms with van der Waals surface area (Å²) in [5.74, 6) is -0.219. The van der Waals surface area contributed by atoms with Gasteiger partial charge in [0.15, 0.2) is 0 Å². The molecule has 3 rings (SSSR count). The van der Waals surface area contributed by atoms with E-state index in [2.05, 4.69) is 0 Å². The van der Waals surface area contributed by atoms with Crippen molar-refractivity contribution in [2.75, 3.05) is 0 Å². The zero-order chi connectivity index (χ0) is 14.1. The highest BCUT2D eigenvalue weighted by Crippen LogP contribution is 2.26. The molecule has 3 aromatic rings. The van der Waals surface area contributed by atoms with Crippen molar-refractivity contribution < 1.29 is 9.50 Å². The van der Waals surface area contributed by atoms with Gasteiger partial charge in [-0.2, -0.15) is 0 Å². The topological polar surface area (TPSA) is 25.2 Å². The van der Waals surface area contributed by atoms with Crippen molar-refractivity contribution in [2.24, 2.45) is 0 Å². The van der Waals surface area contributed by atoms with Gasteiger partial charge in [-0.15, -0.1) is 0 Å². The summed E-state index contributed by atoms with van der Waals surface area (Å²) in [5, 5.41) is 9.97. The van der Waals surface area contributed by atoms with Crippen LogP contribution >= 0.6 is 0 Å². The third kappa shape index (κ3) is 2.10. The van der Waals surface area contributed by atoms with Crippen molar-refractivity contribution in [1.29, 1.82) is 0 Å². The van der Waals surface area contributed by atoms with Crippen LogP contribution in [0.15, 0.2) is 48.7 Å². The first kappa shape index (κ1) is 12.9. The fourth-order valence-electron chi connectivity index (χ4n) is 2.65. The molecule has 1 N–H and O–H groups in total. The van der Waals surface area contributed by atoms with Crippen LogP contribution in [0.3, 0.4) is 0 Å². The molecular formula is C17H16FNO. The van der Waals surface area contributed by atoms with Crippen LogP contribution < -0.4 is 0 Å². The summed E-state index contributed by atoms with van der Waals surface area (Å²) in [6, 6.07) is 13.5. The molecule has 3 heteroatoms. The largest absolute Gasteiger partial charge is 0.392 e. The van der Waals surface area contributed by atoms with E-state index in [0.29, 0.717) is 11.9 Å². The highest BCUT2D eigenvalue weighted by atomic mass is 19.1. The number of halogens is 1. The minimum Gasteiger partial charge on any atom is -0.392 e. The van der Waals surface area contributed by atoms with Gasteiger partial charge in [0.1, 0.15) is 5.82 Å². The number of benzene rings is 2. The van der Waals surface area contributed by atoms with Crippen molar-refractivity contribution in [3.05, 3.63) is 71.2 Å². The minimum atomic E-state index is -0.219. The molecule has 0 aliphatic carbocycles. The summed E-state index contributed by atoms with van der Waals surface area (Å²) in [6.45, 7) is 2.52. The molecule has 2 aromatic carbocycles. The Morgan fingerprint density at radius 1 is 1.10 bits per heavy atom. The number of fused-ring (bicyclic) bond motifs is 1. The van der Waals surface area contributed by atoms with Crippen LogP contribution in [0.2, 0.25) is 0 Å². The van der Waals surface area contributed by atoms with E-state index in [1.807, 2.05) is 41.8 Å². The van der Waals surface area contributed by atoms with E-state index in [1.54, 1.807) is 12.1 Å². The van der Waals surface area contributed by atoms with E-state index in [0.717, 1.165) is 22.2 Å². The lowest BCUT2D eigenvalue weighted by Crippen LogP contribution is -2.00. The van der Waals surface area contributed by atoms with Crippen molar-refractivity contribution in [1.82, 2.24) is 4.57 Å². The molecule has 2 nitrogen and oxygen atoms in total. The molecule has 0 radical (unpaired) electrons. The monoisotopic (exact) mass is 269 g/mol. The van der Waals surface area contributed by atoms with Crippen LogP contribution in [0.4, 0.5) is 4.39 Å². The molecule has 1 heterocycles. The standard InChI is InChI=1S/C17H16FNO/c1-12-14(11-20)7-8-15-16(18)10-19(17(12)15)9-13-5-3-2-4-6-13/h2-8,10,20H,9,11H2,1H3. The number of nitrogens with zero attached hydrogens (tertiary/aromatic N) is 1. The number of aliphatic hydroxyl groups excluding tert-OH is 1. The van der Waals surface area contributed by atoms with Gasteiger partial charge >= 0.3 is 0 Å². The summed E-state index contributed by atoms with van der Waals surface area (Å²) >= 11 is 0. The lowest BCUT2D eigenvalue weighted by atomic mass is 10.1. The number of rotatable bonds is 3. The second-order valence-electron chi connectivity index (χ2n) is 4.99. The zero-order valence-corrected chi connectivity index (χ0v) is 11.3. The highest BCUT2D eigenvalue weighted by Gasteiger charge is 2.13. The van der Waals surface area contributed by atoms with Crippen LogP contribution in [0.25, 0.3) is 10.9 Å². The minimum absolute atomic E-state index is 0.0279. The van der Waals surface area contributed by atoms with Crippen LogP contribution in [0.5, 0.6) is 0 Å². The van der Waals surface area contributed by atoms with Crippen LogP contribution in [0, 0.1) is 12.7 Å². The van der Waals surface area contributed by atoms with Gasteiger partial charge in [0.25, 0.3) is 0 Å². The second-order valence-corrected chi connectivity index (χ2v) is 4.99.